The average molecular weight is 586 g/mol. The molecular formula is C32H45BrN2O3. The third kappa shape index (κ3) is 15.1. The highest BCUT2D eigenvalue weighted by molar-refractivity contribution is 9.10. The van der Waals surface area contributed by atoms with Gasteiger partial charge in [-0.1, -0.05) is 113 Å². The van der Waals surface area contributed by atoms with E-state index in [1.54, 1.807) is 54.7 Å². The van der Waals surface area contributed by atoms with Crippen molar-refractivity contribution in [1.29, 1.82) is 0 Å². The van der Waals surface area contributed by atoms with Gasteiger partial charge in [-0.3, -0.25) is 4.79 Å². The van der Waals surface area contributed by atoms with Gasteiger partial charge in [0.05, 0.1) is 11.8 Å². The summed E-state index contributed by atoms with van der Waals surface area (Å²) in [5.74, 6) is -0.0201. The third-order valence-electron chi connectivity index (χ3n) is 6.58. The van der Waals surface area contributed by atoms with Gasteiger partial charge in [0.25, 0.3) is 0 Å². The zero-order valence-electron chi connectivity index (χ0n) is 23.1. The van der Waals surface area contributed by atoms with Gasteiger partial charge in [0.15, 0.2) is 0 Å². The summed E-state index contributed by atoms with van der Waals surface area (Å²) in [6, 6.07) is 14.0. The maximum atomic E-state index is 12.2. The molecule has 6 heteroatoms. The number of carbonyl (C=O) groups excluding carboxylic acids is 2. The van der Waals surface area contributed by atoms with Gasteiger partial charge in [0, 0.05) is 10.9 Å². The minimum Gasteiger partial charge on any atom is -0.423 e. The first-order valence-corrected chi connectivity index (χ1v) is 15.3. The van der Waals surface area contributed by atoms with E-state index in [9.17, 15) is 9.59 Å². The number of halogens is 1. The number of carbonyl (C=O) groups is 2. The summed E-state index contributed by atoms with van der Waals surface area (Å²) in [6.45, 7) is 2.27. The summed E-state index contributed by atoms with van der Waals surface area (Å²) in [5, 5.41) is 4.04. The second kappa shape index (κ2) is 20.5. The van der Waals surface area contributed by atoms with Crippen LogP contribution < -0.4 is 10.2 Å². The summed E-state index contributed by atoms with van der Waals surface area (Å²) in [4.78, 5) is 24.2. The highest BCUT2D eigenvalue weighted by Gasteiger charge is 2.08. The van der Waals surface area contributed by atoms with Crippen LogP contribution in [0.5, 0.6) is 5.75 Å². The van der Waals surface area contributed by atoms with Crippen LogP contribution in [0, 0.1) is 0 Å². The van der Waals surface area contributed by atoms with Crippen molar-refractivity contribution in [1.82, 2.24) is 5.43 Å². The molecule has 208 valence electrons. The molecule has 2 rings (SSSR count). The van der Waals surface area contributed by atoms with Gasteiger partial charge in [-0.05, 0) is 60.5 Å². The van der Waals surface area contributed by atoms with Gasteiger partial charge >= 0.3 is 5.97 Å². The molecule has 0 aliphatic rings. The van der Waals surface area contributed by atoms with Crippen molar-refractivity contribution >= 4 is 34.0 Å². The molecule has 0 spiro atoms. The van der Waals surface area contributed by atoms with Crippen molar-refractivity contribution in [3.63, 3.8) is 0 Å². The zero-order chi connectivity index (χ0) is 27.3. The SMILES string of the molecule is CCCCCCCCCCCCCCCCCC(=O)NN=Cc1ccc(OC(=O)c2ccc(Br)cc2)cc1. The number of ether oxygens (including phenoxy) is 1. The largest absolute Gasteiger partial charge is 0.423 e. The van der Waals surface area contributed by atoms with E-state index in [1.165, 1.54) is 83.5 Å². The van der Waals surface area contributed by atoms with Gasteiger partial charge in [0.2, 0.25) is 5.91 Å². The molecule has 1 amide bonds. The van der Waals surface area contributed by atoms with E-state index in [0.717, 1.165) is 22.9 Å². The molecule has 1 N–H and O–H groups in total. The van der Waals surface area contributed by atoms with E-state index in [-0.39, 0.29) is 5.91 Å². The van der Waals surface area contributed by atoms with E-state index in [2.05, 4.69) is 33.4 Å². The fourth-order valence-electron chi connectivity index (χ4n) is 4.27. The Morgan fingerprint density at radius 1 is 0.737 bits per heavy atom. The Morgan fingerprint density at radius 3 is 1.76 bits per heavy atom. The first-order valence-electron chi connectivity index (χ1n) is 14.5. The lowest BCUT2D eigenvalue weighted by atomic mass is 10.0. The number of benzene rings is 2. The molecule has 2 aromatic rings. The molecule has 38 heavy (non-hydrogen) atoms. The van der Waals surface area contributed by atoms with Crippen molar-refractivity contribution in [2.75, 3.05) is 0 Å². The normalized spacial score (nSPS) is 11.1. The van der Waals surface area contributed by atoms with Crippen LogP contribution >= 0.6 is 15.9 Å². The molecule has 0 bridgehead atoms. The molecule has 0 saturated heterocycles. The predicted octanol–water partition coefficient (Wildman–Crippen LogP) is 9.38. The summed E-state index contributed by atoms with van der Waals surface area (Å²) in [5.41, 5.74) is 3.88. The maximum Gasteiger partial charge on any atom is 0.343 e. The Labute approximate surface area is 238 Å². The number of amides is 1. The van der Waals surface area contributed by atoms with Crippen molar-refractivity contribution in [2.24, 2.45) is 5.10 Å². The monoisotopic (exact) mass is 584 g/mol. The first-order chi connectivity index (χ1) is 18.6. The van der Waals surface area contributed by atoms with Crippen LogP contribution in [0.4, 0.5) is 0 Å². The zero-order valence-corrected chi connectivity index (χ0v) is 24.6. The van der Waals surface area contributed by atoms with Crippen molar-refractivity contribution in [3.8, 4) is 5.75 Å². The number of nitrogens with one attached hydrogen (secondary N) is 1. The molecule has 0 aliphatic heterocycles. The molecule has 0 radical (unpaired) electrons. The number of hydrazone groups is 1. The summed E-state index contributed by atoms with van der Waals surface area (Å²) in [6.07, 6.45) is 21.8. The molecule has 0 heterocycles. The first kappa shape index (κ1) is 31.7. The van der Waals surface area contributed by atoms with Crippen LogP contribution in [-0.4, -0.2) is 18.1 Å². The lowest BCUT2D eigenvalue weighted by Crippen LogP contribution is -2.16. The van der Waals surface area contributed by atoms with Gasteiger partial charge in [-0.2, -0.15) is 5.10 Å². The van der Waals surface area contributed by atoms with Crippen molar-refractivity contribution in [2.45, 2.75) is 110 Å². The number of hydrogen-bond donors (Lipinski definition) is 1. The van der Waals surface area contributed by atoms with Crippen LogP contribution in [0.25, 0.3) is 0 Å². The number of nitrogens with zero attached hydrogens (tertiary/aromatic N) is 1. The van der Waals surface area contributed by atoms with Gasteiger partial charge in [-0.25, -0.2) is 10.2 Å². The van der Waals surface area contributed by atoms with Crippen LogP contribution in [0.2, 0.25) is 0 Å². The van der Waals surface area contributed by atoms with E-state index >= 15 is 0 Å². The van der Waals surface area contributed by atoms with Gasteiger partial charge in [0.1, 0.15) is 5.75 Å². The molecular weight excluding hydrogens is 540 g/mol. The lowest BCUT2D eigenvalue weighted by Gasteiger charge is -2.05. The number of hydrogen-bond acceptors (Lipinski definition) is 4. The Morgan fingerprint density at radius 2 is 1.24 bits per heavy atom. The predicted molar refractivity (Wildman–Crippen MR) is 161 cm³/mol. The summed E-state index contributed by atoms with van der Waals surface area (Å²) >= 11 is 3.35. The van der Waals surface area contributed by atoms with Gasteiger partial charge < -0.3 is 4.74 Å². The van der Waals surface area contributed by atoms with Crippen molar-refractivity contribution < 1.29 is 14.3 Å². The van der Waals surface area contributed by atoms with Crippen LogP contribution in [0.3, 0.4) is 0 Å². The van der Waals surface area contributed by atoms with E-state index < -0.39 is 5.97 Å². The standard InChI is InChI=1S/C32H45BrN2O3/c1-2-3-4-5-6-7-8-9-10-11-12-13-14-15-16-17-31(36)35-34-26-27-18-24-30(25-19-27)38-32(37)28-20-22-29(33)23-21-28/h18-26H,2-17H2,1H3,(H,35,36). The quantitative estimate of drug-likeness (QED) is 0.0553. The topological polar surface area (TPSA) is 67.8 Å². The Kier molecular flexibility index (Phi) is 17.1. The van der Waals surface area contributed by atoms with E-state index in [4.69, 9.17) is 4.74 Å². The molecule has 0 aliphatic carbocycles. The summed E-state index contributed by atoms with van der Waals surface area (Å²) < 4.78 is 6.29. The Bertz CT molecular complexity index is 942. The van der Waals surface area contributed by atoms with E-state index in [0.29, 0.717) is 17.7 Å². The molecule has 0 unspecified atom stereocenters. The number of unbranched alkanes of at least 4 members (excludes halogenated alkanes) is 14. The third-order valence-corrected chi connectivity index (χ3v) is 7.11. The lowest BCUT2D eigenvalue weighted by molar-refractivity contribution is -0.121. The highest BCUT2D eigenvalue weighted by Crippen LogP contribution is 2.16. The van der Waals surface area contributed by atoms with Crippen LogP contribution in [0.1, 0.15) is 126 Å². The molecule has 0 fully saturated rings. The summed E-state index contributed by atoms with van der Waals surface area (Å²) in [7, 11) is 0. The molecule has 5 nitrogen and oxygen atoms in total. The van der Waals surface area contributed by atoms with Gasteiger partial charge in [-0.15, -0.1) is 0 Å². The second-order valence-electron chi connectivity index (χ2n) is 9.96. The minimum atomic E-state index is -0.412. The molecule has 0 atom stereocenters. The smallest absolute Gasteiger partial charge is 0.343 e. The fraction of sp³-hybridized carbons (Fsp3) is 0.531. The maximum absolute atomic E-state index is 12.2. The van der Waals surface area contributed by atoms with Crippen LogP contribution in [0.15, 0.2) is 58.1 Å². The number of rotatable bonds is 20. The van der Waals surface area contributed by atoms with E-state index in [1.807, 2.05) is 0 Å². The fourth-order valence-corrected chi connectivity index (χ4v) is 4.53. The molecule has 0 saturated carbocycles. The number of esters is 1. The highest BCUT2D eigenvalue weighted by atomic mass is 79.9. The molecule has 2 aromatic carbocycles. The Hall–Kier alpha value is -2.47. The molecule has 0 aromatic heterocycles. The van der Waals surface area contributed by atoms with Crippen LogP contribution in [-0.2, 0) is 4.79 Å². The second-order valence-corrected chi connectivity index (χ2v) is 10.9. The average Bonchev–Trinajstić information content (AvgIpc) is 2.92. The minimum absolute atomic E-state index is 0.0593. The van der Waals surface area contributed by atoms with Crippen molar-refractivity contribution in [3.05, 3.63) is 64.1 Å². The Balaban J connectivity index is 1.46.